The van der Waals surface area contributed by atoms with Gasteiger partial charge in [-0.25, -0.2) is 18.6 Å². The second-order valence-corrected chi connectivity index (χ2v) is 9.30. The first-order chi connectivity index (χ1) is 15.0. The highest BCUT2D eigenvalue weighted by molar-refractivity contribution is 7.16. The molecule has 1 N–H and O–H groups in total. The van der Waals surface area contributed by atoms with Gasteiger partial charge in [-0.2, -0.15) is 0 Å². The lowest BCUT2D eigenvalue weighted by Gasteiger charge is -2.26. The first-order valence-corrected chi connectivity index (χ1v) is 10.9. The number of aromatic nitrogens is 1. The largest absolute Gasteiger partial charge is 0.444 e. The van der Waals surface area contributed by atoms with Gasteiger partial charge >= 0.3 is 6.09 Å². The Morgan fingerprint density at radius 2 is 1.88 bits per heavy atom. The predicted molar refractivity (Wildman–Crippen MR) is 123 cm³/mol. The van der Waals surface area contributed by atoms with Crippen molar-refractivity contribution >= 4 is 39.2 Å². The minimum atomic E-state index is -0.965. The van der Waals surface area contributed by atoms with Crippen LogP contribution in [0.2, 0.25) is 0 Å². The van der Waals surface area contributed by atoms with E-state index < -0.39 is 29.4 Å². The molecular formula is C23H27F2N3O3S. The van der Waals surface area contributed by atoms with Crippen LogP contribution in [-0.2, 0) is 16.0 Å². The van der Waals surface area contributed by atoms with E-state index in [9.17, 15) is 18.4 Å². The number of thiazole rings is 1. The van der Waals surface area contributed by atoms with Crippen molar-refractivity contribution in [2.75, 3.05) is 11.9 Å². The number of fused-ring (bicyclic) bond motifs is 1. The van der Waals surface area contributed by atoms with Crippen LogP contribution in [0.1, 0.15) is 34.2 Å². The normalized spacial score (nSPS) is 12.4. The fourth-order valence-electron chi connectivity index (χ4n) is 3.19. The van der Waals surface area contributed by atoms with Gasteiger partial charge in [0.1, 0.15) is 23.3 Å². The van der Waals surface area contributed by atoms with Crippen molar-refractivity contribution in [3.63, 3.8) is 0 Å². The molecule has 3 aromatic rings. The number of hydrogen-bond donors (Lipinski definition) is 1. The Hall–Kier alpha value is -3.07. The van der Waals surface area contributed by atoms with Crippen LogP contribution in [0.3, 0.4) is 0 Å². The Morgan fingerprint density at radius 3 is 2.53 bits per heavy atom. The molecule has 3 rings (SSSR count). The summed E-state index contributed by atoms with van der Waals surface area (Å²) in [5.74, 6) is -1.78. The van der Waals surface area contributed by atoms with Gasteiger partial charge in [0.2, 0.25) is 5.91 Å². The van der Waals surface area contributed by atoms with E-state index >= 15 is 0 Å². The third-order valence-corrected chi connectivity index (χ3v) is 5.47. The molecule has 0 radical (unpaired) electrons. The van der Waals surface area contributed by atoms with E-state index in [1.165, 1.54) is 28.4 Å². The van der Waals surface area contributed by atoms with Gasteiger partial charge in [-0.1, -0.05) is 0 Å². The van der Waals surface area contributed by atoms with Crippen LogP contribution >= 0.6 is 11.3 Å². The average Bonchev–Trinajstić information content (AvgIpc) is 3.15. The van der Waals surface area contributed by atoms with E-state index in [-0.39, 0.29) is 20.2 Å². The summed E-state index contributed by atoms with van der Waals surface area (Å²) in [7, 11) is 1.60. The number of alkyl carbamates (subject to hydrolysis) is 1. The molecule has 0 saturated heterocycles. The van der Waals surface area contributed by atoms with Crippen molar-refractivity contribution < 1.29 is 24.5 Å². The second-order valence-electron chi connectivity index (χ2n) is 8.42. The van der Waals surface area contributed by atoms with Crippen LogP contribution in [0.15, 0.2) is 41.9 Å². The third kappa shape index (κ3) is 6.23. The number of amides is 2. The summed E-state index contributed by atoms with van der Waals surface area (Å²) in [6.45, 7) is 5.15. The monoisotopic (exact) mass is 463 g/mol. The molecular weight excluding hydrogens is 436 g/mol. The quantitative estimate of drug-likeness (QED) is 0.538. The zero-order valence-electron chi connectivity index (χ0n) is 18.3. The molecule has 1 aromatic heterocycles. The SMILES string of the molecule is CN(C(=O)[C@H](CCc1cc(F)cc(F)c1)NC(=O)OC(C)(C)C)c1ccc2scnc2c1.[HH]. The van der Waals surface area contributed by atoms with E-state index in [1.807, 2.05) is 6.07 Å². The van der Waals surface area contributed by atoms with Crippen molar-refractivity contribution in [3.8, 4) is 0 Å². The summed E-state index contributed by atoms with van der Waals surface area (Å²) >= 11 is 1.49. The molecule has 0 spiro atoms. The number of anilines is 1. The fourth-order valence-corrected chi connectivity index (χ4v) is 3.85. The van der Waals surface area contributed by atoms with Crippen LogP contribution in [0.4, 0.5) is 19.3 Å². The van der Waals surface area contributed by atoms with Gasteiger partial charge in [-0.05, 0) is 69.5 Å². The van der Waals surface area contributed by atoms with Gasteiger partial charge in [0.05, 0.1) is 15.7 Å². The number of aryl methyl sites for hydroxylation is 1. The van der Waals surface area contributed by atoms with E-state index in [4.69, 9.17) is 4.74 Å². The maximum absolute atomic E-state index is 13.5. The lowest BCUT2D eigenvalue weighted by Crippen LogP contribution is -2.49. The van der Waals surface area contributed by atoms with Crippen molar-refractivity contribution in [2.24, 2.45) is 0 Å². The average molecular weight is 464 g/mol. The molecule has 9 heteroatoms. The molecule has 0 bridgehead atoms. The second kappa shape index (κ2) is 9.60. The minimum Gasteiger partial charge on any atom is -0.444 e. The zero-order chi connectivity index (χ0) is 23.5. The first-order valence-electron chi connectivity index (χ1n) is 10.1. The summed E-state index contributed by atoms with van der Waals surface area (Å²) in [6, 6.07) is 7.69. The molecule has 32 heavy (non-hydrogen) atoms. The van der Waals surface area contributed by atoms with Crippen LogP contribution in [0.25, 0.3) is 10.2 Å². The Balaban J connectivity index is 0.00000385. The highest BCUT2D eigenvalue weighted by Crippen LogP contribution is 2.24. The van der Waals surface area contributed by atoms with E-state index in [0.29, 0.717) is 11.3 Å². The Labute approximate surface area is 190 Å². The predicted octanol–water partition coefficient (Wildman–Crippen LogP) is 5.31. The molecule has 6 nitrogen and oxygen atoms in total. The molecule has 2 amide bonds. The number of benzene rings is 2. The number of carbonyl (C=O) groups excluding carboxylic acids is 2. The van der Waals surface area contributed by atoms with Gasteiger partial charge in [0, 0.05) is 20.2 Å². The minimum absolute atomic E-state index is 0. The molecule has 0 fully saturated rings. The smallest absolute Gasteiger partial charge is 0.408 e. The molecule has 0 saturated carbocycles. The van der Waals surface area contributed by atoms with Gasteiger partial charge in [0.15, 0.2) is 0 Å². The highest BCUT2D eigenvalue weighted by atomic mass is 32.1. The number of halogens is 2. The topological polar surface area (TPSA) is 71.5 Å². The lowest BCUT2D eigenvalue weighted by molar-refractivity contribution is -0.120. The Bertz CT molecular complexity index is 1110. The number of nitrogens with zero attached hydrogens (tertiary/aromatic N) is 2. The number of nitrogens with one attached hydrogen (secondary N) is 1. The van der Waals surface area contributed by atoms with E-state index in [0.717, 1.165) is 16.3 Å². The molecule has 172 valence electrons. The van der Waals surface area contributed by atoms with Crippen LogP contribution in [0, 0.1) is 11.6 Å². The standard InChI is InChI=1S/C23H25F2N3O3S.H2/c1-23(2,3)31-22(30)27-18(7-5-14-9-15(24)11-16(25)10-14)21(29)28(4)17-6-8-20-19(12-17)26-13-32-20;/h6,8-13,18H,5,7H2,1-4H3,(H,27,30);1H/t18-;/m0./s1. The van der Waals surface area contributed by atoms with E-state index in [1.54, 1.807) is 45.5 Å². The highest BCUT2D eigenvalue weighted by Gasteiger charge is 2.27. The summed E-state index contributed by atoms with van der Waals surface area (Å²) in [5.41, 5.74) is 2.74. The van der Waals surface area contributed by atoms with E-state index in [2.05, 4.69) is 10.3 Å². The van der Waals surface area contributed by atoms with Crippen molar-refractivity contribution in [2.45, 2.75) is 45.3 Å². The zero-order valence-corrected chi connectivity index (χ0v) is 19.1. The number of hydrogen-bond acceptors (Lipinski definition) is 5. The van der Waals surface area contributed by atoms with Gasteiger partial charge < -0.3 is 15.0 Å². The van der Waals surface area contributed by atoms with Crippen molar-refractivity contribution in [3.05, 3.63) is 59.1 Å². The number of rotatable bonds is 6. The van der Waals surface area contributed by atoms with Crippen LogP contribution in [0.5, 0.6) is 0 Å². The molecule has 1 atom stereocenters. The number of ether oxygens (including phenoxy) is 1. The molecule has 0 unspecified atom stereocenters. The third-order valence-electron chi connectivity index (χ3n) is 4.66. The Morgan fingerprint density at radius 1 is 1.19 bits per heavy atom. The molecule has 0 aliphatic rings. The maximum atomic E-state index is 13.5. The fraction of sp³-hybridized carbons (Fsp3) is 0.348. The van der Waals surface area contributed by atoms with Gasteiger partial charge in [0.25, 0.3) is 0 Å². The molecule has 1 heterocycles. The Kier molecular flexibility index (Phi) is 7.08. The first kappa shape index (κ1) is 23.6. The number of likely N-dealkylation sites (N-methyl/N-ethyl adjacent to an activating group) is 1. The lowest BCUT2D eigenvalue weighted by atomic mass is 10.0. The summed E-state index contributed by atoms with van der Waals surface area (Å²) in [5, 5.41) is 2.60. The molecule has 2 aromatic carbocycles. The number of carbonyl (C=O) groups is 2. The van der Waals surface area contributed by atoms with Gasteiger partial charge in [-0.3, -0.25) is 4.79 Å². The molecule has 0 aliphatic carbocycles. The van der Waals surface area contributed by atoms with Crippen LogP contribution in [-0.4, -0.2) is 35.7 Å². The van der Waals surface area contributed by atoms with Crippen molar-refractivity contribution in [1.82, 2.24) is 10.3 Å². The summed E-state index contributed by atoms with van der Waals surface area (Å²) in [4.78, 5) is 31.3. The van der Waals surface area contributed by atoms with Crippen LogP contribution < -0.4 is 10.2 Å². The summed E-state index contributed by atoms with van der Waals surface area (Å²) in [6.07, 6.45) is -0.436. The maximum Gasteiger partial charge on any atom is 0.408 e. The van der Waals surface area contributed by atoms with Crippen molar-refractivity contribution in [1.29, 1.82) is 0 Å². The molecule has 0 aliphatic heterocycles. The van der Waals surface area contributed by atoms with Gasteiger partial charge in [-0.15, -0.1) is 11.3 Å². The summed E-state index contributed by atoms with van der Waals surface area (Å²) < 4.78 is 33.4.